The number of benzene rings is 2. The molecule has 0 bridgehead atoms. The quantitative estimate of drug-likeness (QED) is 0.607. The fourth-order valence-corrected chi connectivity index (χ4v) is 2.35. The molecule has 0 aliphatic rings. The first-order valence-electron chi connectivity index (χ1n) is 8.16. The van der Waals surface area contributed by atoms with Gasteiger partial charge in [0, 0.05) is 17.7 Å². The molecule has 0 radical (unpaired) electrons. The molecule has 5 nitrogen and oxygen atoms in total. The highest BCUT2D eigenvalue weighted by Gasteiger charge is 2.12. The van der Waals surface area contributed by atoms with Gasteiger partial charge in [0.15, 0.2) is 12.4 Å². The first-order valence-corrected chi connectivity index (χ1v) is 8.16. The number of carbonyl (C=O) groups excluding carboxylic acids is 3. The number of esters is 1. The second-order valence-electron chi connectivity index (χ2n) is 5.96. The SMILES string of the molecule is Cc1ccc(NC(=O)COC(=O)CCC(=O)c2ccc(F)cc2)c(C)c1. The number of aryl methyl sites for hydroxylation is 2. The molecule has 26 heavy (non-hydrogen) atoms. The van der Waals surface area contributed by atoms with E-state index in [0.717, 1.165) is 11.1 Å². The summed E-state index contributed by atoms with van der Waals surface area (Å²) in [5, 5.41) is 2.67. The lowest BCUT2D eigenvalue weighted by atomic mass is 10.1. The molecule has 2 aromatic rings. The van der Waals surface area contributed by atoms with Crippen LogP contribution in [0.1, 0.15) is 34.3 Å². The average Bonchev–Trinajstić information content (AvgIpc) is 2.61. The number of hydrogen-bond donors (Lipinski definition) is 1. The molecule has 0 saturated carbocycles. The first kappa shape index (κ1) is 19.3. The van der Waals surface area contributed by atoms with Gasteiger partial charge in [-0.15, -0.1) is 0 Å². The van der Waals surface area contributed by atoms with E-state index in [1.54, 1.807) is 6.07 Å². The zero-order valence-electron chi connectivity index (χ0n) is 14.7. The Morgan fingerprint density at radius 1 is 1.00 bits per heavy atom. The van der Waals surface area contributed by atoms with Crippen LogP contribution < -0.4 is 5.32 Å². The Kier molecular flexibility index (Phi) is 6.60. The van der Waals surface area contributed by atoms with Crippen LogP contribution in [-0.4, -0.2) is 24.3 Å². The van der Waals surface area contributed by atoms with Crippen LogP contribution in [0.25, 0.3) is 0 Å². The van der Waals surface area contributed by atoms with Crippen LogP contribution in [-0.2, 0) is 14.3 Å². The Balaban J connectivity index is 1.74. The highest BCUT2D eigenvalue weighted by atomic mass is 19.1. The topological polar surface area (TPSA) is 72.5 Å². The van der Waals surface area contributed by atoms with Crippen molar-refractivity contribution >= 4 is 23.3 Å². The van der Waals surface area contributed by atoms with Crippen molar-refractivity contribution in [2.45, 2.75) is 26.7 Å². The molecular weight excluding hydrogens is 337 g/mol. The summed E-state index contributed by atoms with van der Waals surface area (Å²) in [4.78, 5) is 35.4. The third kappa shape index (κ3) is 5.81. The van der Waals surface area contributed by atoms with E-state index in [9.17, 15) is 18.8 Å². The molecule has 2 aromatic carbocycles. The van der Waals surface area contributed by atoms with Gasteiger partial charge in [0.1, 0.15) is 5.82 Å². The van der Waals surface area contributed by atoms with Crippen molar-refractivity contribution < 1.29 is 23.5 Å². The van der Waals surface area contributed by atoms with Crippen LogP contribution in [0.5, 0.6) is 0 Å². The van der Waals surface area contributed by atoms with Crippen molar-refractivity contribution in [3.63, 3.8) is 0 Å². The third-order valence-corrected chi connectivity index (χ3v) is 3.74. The van der Waals surface area contributed by atoms with Crippen LogP contribution in [0.15, 0.2) is 42.5 Å². The lowest BCUT2D eigenvalue weighted by molar-refractivity contribution is -0.147. The summed E-state index contributed by atoms with van der Waals surface area (Å²) in [5.41, 5.74) is 2.97. The zero-order chi connectivity index (χ0) is 19.1. The van der Waals surface area contributed by atoms with Crippen molar-refractivity contribution in [3.8, 4) is 0 Å². The summed E-state index contributed by atoms with van der Waals surface area (Å²) in [6.07, 6.45) is -0.212. The lowest BCUT2D eigenvalue weighted by Gasteiger charge is -2.09. The molecule has 1 amide bonds. The van der Waals surface area contributed by atoms with Crippen molar-refractivity contribution in [3.05, 3.63) is 65.0 Å². The summed E-state index contributed by atoms with van der Waals surface area (Å²) >= 11 is 0. The van der Waals surface area contributed by atoms with Gasteiger partial charge in [0.2, 0.25) is 0 Å². The van der Waals surface area contributed by atoms with Crippen molar-refractivity contribution in [2.24, 2.45) is 0 Å². The minimum atomic E-state index is -0.642. The average molecular weight is 357 g/mol. The minimum Gasteiger partial charge on any atom is -0.456 e. The Bertz CT molecular complexity index is 815. The van der Waals surface area contributed by atoms with Gasteiger partial charge in [-0.1, -0.05) is 17.7 Å². The molecule has 0 heterocycles. The number of hydrogen-bond acceptors (Lipinski definition) is 4. The molecule has 1 N–H and O–H groups in total. The zero-order valence-corrected chi connectivity index (χ0v) is 14.7. The second kappa shape index (κ2) is 8.89. The number of ketones is 1. The Morgan fingerprint density at radius 3 is 2.35 bits per heavy atom. The number of nitrogens with one attached hydrogen (secondary N) is 1. The van der Waals surface area contributed by atoms with Crippen LogP contribution in [0.4, 0.5) is 10.1 Å². The van der Waals surface area contributed by atoms with Gasteiger partial charge in [-0.05, 0) is 49.7 Å². The lowest BCUT2D eigenvalue weighted by Crippen LogP contribution is -2.21. The largest absolute Gasteiger partial charge is 0.456 e. The van der Waals surface area contributed by atoms with E-state index in [4.69, 9.17) is 4.74 Å². The predicted molar refractivity (Wildman–Crippen MR) is 95.5 cm³/mol. The van der Waals surface area contributed by atoms with Gasteiger partial charge >= 0.3 is 5.97 Å². The third-order valence-electron chi connectivity index (χ3n) is 3.74. The highest BCUT2D eigenvalue weighted by Crippen LogP contribution is 2.15. The molecule has 0 unspecified atom stereocenters. The normalized spacial score (nSPS) is 10.3. The molecule has 136 valence electrons. The smallest absolute Gasteiger partial charge is 0.306 e. The number of halogens is 1. The molecule has 2 rings (SSSR count). The summed E-state index contributed by atoms with van der Waals surface area (Å²) in [6, 6.07) is 10.7. The van der Waals surface area contributed by atoms with Crippen LogP contribution in [0.2, 0.25) is 0 Å². The first-order chi connectivity index (χ1) is 12.3. The maximum atomic E-state index is 12.8. The Morgan fingerprint density at radius 2 is 1.69 bits per heavy atom. The van der Waals surface area contributed by atoms with Crippen LogP contribution in [0.3, 0.4) is 0 Å². The molecule has 0 aliphatic carbocycles. The number of carbonyl (C=O) groups is 3. The van der Waals surface area contributed by atoms with E-state index in [2.05, 4.69) is 5.32 Å². The van der Waals surface area contributed by atoms with E-state index in [0.29, 0.717) is 11.3 Å². The molecular formula is C20H20FNO4. The molecule has 0 atom stereocenters. The Hall–Kier alpha value is -3.02. The molecule has 0 spiro atoms. The predicted octanol–water partition coefficient (Wildman–Crippen LogP) is 3.59. The molecule has 0 fully saturated rings. The van der Waals surface area contributed by atoms with E-state index in [-0.39, 0.29) is 18.6 Å². The second-order valence-corrected chi connectivity index (χ2v) is 5.96. The summed E-state index contributed by atoms with van der Waals surface area (Å²) in [6.45, 7) is 3.40. The molecule has 0 aliphatic heterocycles. The summed E-state index contributed by atoms with van der Waals surface area (Å²) in [7, 11) is 0. The van der Waals surface area contributed by atoms with E-state index >= 15 is 0 Å². The number of Topliss-reactive ketones (excluding diaryl/α,β-unsaturated/α-hetero) is 1. The van der Waals surface area contributed by atoms with Crippen LogP contribution >= 0.6 is 0 Å². The number of amides is 1. The van der Waals surface area contributed by atoms with Crippen LogP contribution in [0, 0.1) is 19.7 Å². The van der Waals surface area contributed by atoms with E-state index in [1.165, 1.54) is 24.3 Å². The molecule has 0 saturated heterocycles. The van der Waals surface area contributed by atoms with Gasteiger partial charge < -0.3 is 10.1 Å². The number of ether oxygens (including phenoxy) is 1. The van der Waals surface area contributed by atoms with E-state index in [1.807, 2.05) is 26.0 Å². The van der Waals surface area contributed by atoms with Gasteiger partial charge in [0.05, 0.1) is 6.42 Å². The molecule has 6 heteroatoms. The standard InChI is InChI=1S/C20H20FNO4/c1-13-3-8-17(14(2)11-13)22-19(24)12-26-20(25)10-9-18(23)15-4-6-16(21)7-5-15/h3-8,11H,9-10,12H2,1-2H3,(H,22,24). The van der Waals surface area contributed by atoms with Gasteiger partial charge in [-0.3, -0.25) is 14.4 Å². The highest BCUT2D eigenvalue weighted by molar-refractivity contribution is 5.98. The van der Waals surface area contributed by atoms with Gasteiger partial charge in [0.25, 0.3) is 5.91 Å². The fourth-order valence-electron chi connectivity index (χ4n) is 2.35. The fraction of sp³-hybridized carbons (Fsp3) is 0.250. The Labute approximate surface area is 151 Å². The summed E-state index contributed by atoms with van der Waals surface area (Å²) < 4.78 is 17.7. The number of anilines is 1. The van der Waals surface area contributed by atoms with Crippen molar-refractivity contribution in [1.82, 2.24) is 0 Å². The molecule has 0 aromatic heterocycles. The maximum Gasteiger partial charge on any atom is 0.306 e. The van der Waals surface area contributed by atoms with Crippen molar-refractivity contribution in [1.29, 1.82) is 0 Å². The maximum absolute atomic E-state index is 12.8. The minimum absolute atomic E-state index is 0.0663. The number of rotatable bonds is 7. The van der Waals surface area contributed by atoms with Gasteiger partial charge in [-0.25, -0.2) is 4.39 Å². The monoisotopic (exact) mass is 357 g/mol. The summed E-state index contributed by atoms with van der Waals surface area (Å²) in [5.74, 6) is -1.82. The van der Waals surface area contributed by atoms with Crippen molar-refractivity contribution in [2.75, 3.05) is 11.9 Å². The van der Waals surface area contributed by atoms with E-state index < -0.39 is 24.3 Å². The van der Waals surface area contributed by atoms with Gasteiger partial charge in [-0.2, -0.15) is 0 Å².